The van der Waals surface area contributed by atoms with E-state index in [9.17, 15) is 5.11 Å². The van der Waals surface area contributed by atoms with Crippen molar-refractivity contribution >= 4 is 54.7 Å². The van der Waals surface area contributed by atoms with Gasteiger partial charge < -0.3 is 5.11 Å². The van der Waals surface area contributed by atoms with Crippen molar-refractivity contribution in [1.82, 2.24) is 0 Å². The third-order valence-electron chi connectivity index (χ3n) is 5.09. The van der Waals surface area contributed by atoms with Gasteiger partial charge in [0.25, 0.3) is 0 Å². The smallest absolute Gasteiger partial charge is 0.124 e. The van der Waals surface area contributed by atoms with E-state index in [4.69, 9.17) is 11.6 Å². The summed E-state index contributed by atoms with van der Waals surface area (Å²) in [6.07, 6.45) is 0. The maximum Gasteiger partial charge on any atom is 0.124 e. The Morgan fingerprint density at radius 1 is 0.680 bits per heavy atom. The van der Waals surface area contributed by atoms with Crippen molar-refractivity contribution in [2.24, 2.45) is 0 Å². The van der Waals surface area contributed by atoms with Crippen molar-refractivity contribution in [1.29, 1.82) is 0 Å². The van der Waals surface area contributed by atoms with Crippen LogP contribution in [-0.2, 0) is 0 Å². The standard InChI is InChI=1S/C23H15ClO/c1-13-10-21-20(11-15(24)12-22(21)25)19-9-8-17-16-5-3-2-4-14(16)6-7-18(17)23(13)19/h2-12,25H,1H3. The number of fused-ring (bicyclic) bond motifs is 7. The lowest BCUT2D eigenvalue weighted by molar-refractivity contribution is 0.481. The van der Waals surface area contributed by atoms with Crippen molar-refractivity contribution in [2.75, 3.05) is 0 Å². The molecule has 120 valence electrons. The van der Waals surface area contributed by atoms with Crippen LogP contribution in [0.4, 0.5) is 0 Å². The summed E-state index contributed by atoms with van der Waals surface area (Å²) < 4.78 is 0. The van der Waals surface area contributed by atoms with E-state index in [1.807, 2.05) is 6.07 Å². The third-order valence-corrected chi connectivity index (χ3v) is 5.31. The molecule has 0 aliphatic carbocycles. The Morgan fingerprint density at radius 2 is 1.40 bits per heavy atom. The van der Waals surface area contributed by atoms with Gasteiger partial charge in [-0.2, -0.15) is 0 Å². The van der Waals surface area contributed by atoms with E-state index in [2.05, 4.69) is 61.5 Å². The number of rotatable bonds is 0. The molecule has 0 aromatic heterocycles. The Kier molecular flexibility index (Phi) is 2.98. The zero-order valence-electron chi connectivity index (χ0n) is 13.7. The minimum Gasteiger partial charge on any atom is -0.507 e. The molecule has 25 heavy (non-hydrogen) atoms. The highest BCUT2D eigenvalue weighted by Gasteiger charge is 2.12. The second-order valence-corrected chi connectivity index (χ2v) is 7.02. The third kappa shape index (κ3) is 2.03. The maximum atomic E-state index is 10.3. The zero-order valence-corrected chi connectivity index (χ0v) is 14.4. The molecule has 1 nitrogen and oxygen atoms in total. The normalized spacial score (nSPS) is 11.8. The highest BCUT2D eigenvalue weighted by molar-refractivity contribution is 6.33. The average Bonchev–Trinajstić information content (AvgIpc) is 2.62. The lowest BCUT2D eigenvalue weighted by Crippen LogP contribution is -1.87. The summed E-state index contributed by atoms with van der Waals surface area (Å²) in [5.74, 6) is 0.228. The fourth-order valence-corrected chi connectivity index (χ4v) is 4.22. The fraction of sp³-hybridized carbons (Fsp3) is 0.0435. The Bertz CT molecular complexity index is 1320. The van der Waals surface area contributed by atoms with Gasteiger partial charge in [0.05, 0.1) is 0 Å². The molecule has 0 aliphatic rings. The second kappa shape index (κ2) is 5.11. The molecular weight excluding hydrogens is 328 g/mol. The molecule has 0 heterocycles. The molecule has 0 fully saturated rings. The van der Waals surface area contributed by atoms with Crippen molar-refractivity contribution in [3.8, 4) is 5.75 Å². The predicted octanol–water partition coefficient (Wildman–Crippen LogP) is 6.97. The van der Waals surface area contributed by atoms with Crippen LogP contribution in [0.1, 0.15) is 5.56 Å². The summed E-state index contributed by atoms with van der Waals surface area (Å²) >= 11 is 6.20. The van der Waals surface area contributed by atoms with Gasteiger partial charge in [-0.1, -0.05) is 60.1 Å². The summed E-state index contributed by atoms with van der Waals surface area (Å²) in [6, 6.07) is 22.8. The largest absolute Gasteiger partial charge is 0.507 e. The van der Waals surface area contributed by atoms with Crippen molar-refractivity contribution < 1.29 is 5.11 Å². The number of halogens is 1. The summed E-state index contributed by atoms with van der Waals surface area (Å²) in [5.41, 5.74) is 1.15. The highest BCUT2D eigenvalue weighted by atomic mass is 35.5. The SMILES string of the molecule is Cc1cc2c(O)cc(Cl)cc2c2ccc3c4ccccc4ccc3c12. The Morgan fingerprint density at radius 3 is 2.28 bits per heavy atom. The maximum absolute atomic E-state index is 10.3. The first-order valence-electron chi connectivity index (χ1n) is 8.29. The Hall–Kier alpha value is -2.77. The number of benzene rings is 5. The minimum absolute atomic E-state index is 0.228. The van der Waals surface area contributed by atoms with Gasteiger partial charge in [0.1, 0.15) is 5.75 Å². The number of hydrogen-bond donors (Lipinski definition) is 1. The predicted molar refractivity (Wildman–Crippen MR) is 108 cm³/mol. The number of aromatic hydroxyl groups is 1. The van der Waals surface area contributed by atoms with Crippen molar-refractivity contribution in [3.05, 3.63) is 77.3 Å². The monoisotopic (exact) mass is 342 g/mol. The molecule has 0 radical (unpaired) electrons. The molecule has 0 unspecified atom stereocenters. The van der Waals surface area contributed by atoms with E-state index in [-0.39, 0.29) is 5.75 Å². The van der Waals surface area contributed by atoms with Crippen LogP contribution >= 0.6 is 11.6 Å². The summed E-state index contributed by atoms with van der Waals surface area (Å²) in [4.78, 5) is 0. The van der Waals surface area contributed by atoms with Crippen LogP contribution in [0.15, 0.2) is 66.7 Å². The van der Waals surface area contributed by atoms with E-state index in [1.54, 1.807) is 6.07 Å². The lowest BCUT2D eigenvalue weighted by atomic mass is 9.91. The average molecular weight is 343 g/mol. The molecule has 5 aromatic rings. The first-order chi connectivity index (χ1) is 12.1. The molecule has 1 N–H and O–H groups in total. The molecule has 0 bridgehead atoms. The minimum atomic E-state index is 0.228. The lowest BCUT2D eigenvalue weighted by Gasteiger charge is -2.13. The molecule has 0 aliphatic heterocycles. The molecule has 0 atom stereocenters. The van der Waals surface area contributed by atoms with E-state index >= 15 is 0 Å². The quantitative estimate of drug-likeness (QED) is 0.301. The topological polar surface area (TPSA) is 20.2 Å². The molecule has 0 amide bonds. The van der Waals surface area contributed by atoms with Gasteiger partial charge in [0.2, 0.25) is 0 Å². The van der Waals surface area contributed by atoms with Crippen LogP contribution in [0.2, 0.25) is 5.02 Å². The summed E-state index contributed by atoms with van der Waals surface area (Å²) in [7, 11) is 0. The first-order valence-corrected chi connectivity index (χ1v) is 8.67. The van der Waals surface area contributed by atoms with Crippen LogP contribution in [0, 0.1) is 6.92 Å². The number of phenolic OH excluding ortho intramolecular Hbond substituents is 1. The van der Waals surface area contributed by atoms with E-state index in [1.165, 1.54) is 26.9 Å². The van der Waals surface area contributed by atoms with E-state index in [0.29, 0.717) is 5.02 Å². The van der Waals surface area contributed by atoms with Gasteiger partial charge in [-0.05, 0) is 68.4 Å². The van der Waals surface area contributed by atoms with Crippen LogP contribution in [0.3, 0.4) is 0 Å². The van der Waals surface area contributed by atoms with Crippen LogP contribution in [0.5, 0.6) is 5.75 Å². The number of phenols is 1. The highest BCUT2D eigenvalue weighted by Crippen LogP contribution is 2.40. The molecule has 5 aromatic carbocycles. The van der Waals surface area contributed by atoms with Gasteiger partial charge in [-0.3, -0.25) is 0 Å². The van der Waals surface area contributed by atoms with Crippen LogP contribution in [-0.4, -0.2) is 5.11 Å². The van der Waals surface area contributed by atoms with Gasteiger partial charge in [0.15, 0.2) is 0 Å². The molecule has 0 spiro atoms. The first kappa shape index (κ1) is 14.6. The van der Waals surface area contributed by atoms with E-state index < -0.39 is 0 Å². The van der Waals surface area contributed by atoms with Crippen molar-refractivity contribution in [3.63, 3.8) is 0 Å². The van der Waals surface area contributed by atoms with Gasteiger partial charge in [0, 0.05) is 10.4 Å². The van der Waals surface area contributed by atoms with Crippen LogP contribution in [0.25, 0.3) is 43.1 Å². The zero-order chi connectivity index (χ0) is 17.1. The van der Waals surface area contributed by atoms with Crippen LogP contribution < -0.4 is 0 Å². The summed E-state index contributed by atoms with van der Waals surface area (Å²) in [5, 5.41) is 20.0. The van der Waals surface area contributed by atoms with Gasteiger partial charge in [-0.15, -0.1) is 0 Å². The number of aryl methyl sites for hydroxylation is 1. The second-order valence-electron chi connectivity index (χ2n) is 6.58. The van der Waals surface area contributed by atoms with E-state index in [0.717, 1.165) is 21.7 Å². The van der Waals surface area contributed by atoms with Crippen molar-refractivity contribution in [2.45, 2.75) is 6.92 Å². The molecule has 2 heteroatoms. The van der Waals surface area contributed by atoms with Gasteiger partial charge in [-0.25, -0.2) is 0 Å². The van der Waals surface area contributed by atoms with Gasteiger partial charge >= 0.3 is 0 Å². The summed E-state index contributed by atoms with van der Waals surface area (Å²) in [6.45, 7) is 2.10. The fourth-order valence-electron chi connectivity index (χ4n) is 4.00. The Labute approximate surface area is 150 Å². The molecule has 0 saturated heterocycles. The molecular formula is C23H15ClO. The molecule has 0 saturated carbocycles. The number of hydrogen-bond acceptors (Lipinski definition) is 1. The molecule has 5 rings (SSSR count). The Balaban J connectivity index is 2.06.